The number of ketones is 1. The molecule has 2 aromatic rings. The number of thiophene rings is 1. The molecule has 0 bridgehead atoms. The van der Waals surface area contributed by atoms with Crippen LogP contribution in [0.25, 0.3) is 0 Å². The maximum Gasteiger partial charge on any atom is 0.206 e. The average molecular weight is 218 g/mol. The third kappa shape index (κ3) is 1.92. The van der Waals surface area contributed by atoms with Crippen LogP contribution in [-0.2, 0) is 0 Å². The van der Waals surface area contributed by atoms with Crippen molar-refractivity contribution in [3.63, 3.8) is 0 Å². The summed E-state index contributed by atoms with van der Waals surface area (Å²) in [4.78, 5) is 12.6. The van der Waals surface area contributed by atoms with Crippen LogP contribution in [-0.4, -0.2) is 10.9 Å². The van der Waals surface area contributed by atoms with Gasteiger partial charge in [0, 0.05) is 0 Å². The minimum atomic E-state index is -0.119. The number of phenolic OH excluding ortho intramolecular Hbond substituents is 1. The fourth-order valence-electron chi connectivity index (χ4n) is 1.37. The Labute approximate surface area is 91.8 Å². The van der Waals surface area contributed by atoms with E-state index < -0.39 is 0 Å². The van der Waals surface area contributed by atoms with Crippen molar-refractivity contribution in [1.29, 1.82) is 0 Å². The van der Waals surface area contributed by atoms with Crippen LogP contribution in [0, 0.1) is 6.92 Å². The molecule has 0 atom stereocenters. The third-order valence-electron chi connectivity index (χ3n) is 2.14. The lowest BCUT2D eigenvalue weighted by atomic mass is 10.1. The van der Waals surface area contributed by atoms with Gasteiger partial charge in [-0.1, -0.05) is 17.7 Å². The van der Waals surface area contributed by atoms with E-state index in [-0.39, 0.29) is 11.5 Å². The quantitative estimate of drug-likeness (QED) is 0.787. The van der Waals surface area contributed by atoms with Crippen LogP contribution >= 0.6 is 11.3 Å². The van der Waals surface area contributed by atoms with Gasteiger partial charge in [0.05, 0.1) is 10.4 Å². The molecule has 2 nitrogen and oxygen atoms in total. The van der Waals surface area contributed by atoms with Gasteiger partial charge in [-0.05, 0) is 30.5 Å². The standard InChI is InChI=1S/C12H10O2S/c1-8-4-5-10(13)9(7-8)12(14)11-3-2-6-15-11/h2-7,13H,1H3. The molecule has 1 heterocycles. The Morgan fingerprint density at radius 2 is 2.13 bits per heavy atom. The minimum Gasteiger partial charge on any atom is -0.507 e. The van der Waals surface area contributed by atoms with Crippen LogP contribution in [0.2, 0.25) is 0 Å². The number of rotatable bonds is 2. The Bertz CT molecular complexity index is 486. The second-order valence-corrected chi connectivity index (χ2v) is 4.27. The molecule has 0 saturated carbocycles. The lowest BCUT2D eigenvalue weighted by molar-refractivity contribution is 0.104. The Kier molecular flexibility index (Phi) is 2.56. The molecule has 0 saturated heterocycles. The molecule has 1 aromatic carbocycles. The summed E-state index contributed by atoms with van der Waals surface area (Å²) in [5, 5.41) is 11.4. The van der Waals surface area contributed by atoms with Gasteiger partial charge in [-0.2, -0.15) is 0 Å². The molecule has 1 aromatic heterocycles. The highest BCUT2D eigenvalue weighted by Gasteiger charge is 2.14. The van der Waals surface area contributed by atoms with Crippen molar-refractivity contribution in [2.45, 2.75) is 6.92 Å². The summed E-state index contributed by atoms with van der Waals surface area (Å²) in [5.74, 6) is -0.0785. The molecule has 0 aliphatic carbocycles. The number of hydrogen-bond acceptors (Lipinski definition) is 3. The van der Waals surface area contributed by atoms with E-state index >= 15 is 0 Å². The first-order valence-electron chi connectivity index (χ1n) is 4.56. The zero-order valence-electron chi connectivity index (χ0n) is 8.23. The predicted octanol–water partition coefficient (Wildman–Crippen LogP) is 2.99. The van der Waals surface area contributed by atoms with E-state index in [2.05, 4.69) is 0 Å². The maximum atomic E-state index is 11.9. The van der Waals surface area contributed by atoms with E-state index in [4.69, 9.17) is 0 Å². The van der Waals surface area contributed by atoms with Gasteiger partial charge in [-0.15, -0.1) is 11.3 Å². The lowest BCUT2D eigenvalue weighted by Crippen LogP contribution is -1.99. The average Bonchev–Trinajstić information content (AvgIpc) is 2.74. The first kappa shape index (κ1) is 9.93. The zero-order chi connectivity index (χ0) is 10.8. The molecule has 0 aliphatic heterocycles. The van der Waals surface area contributed by atoms with E-state index in [1.807, 2.05) is 18.4 Å². The van der Waals surface area contributed by atoms with Crippen molar-refractivity contribution in [3.05, 3.63) is 51.7 Å². The van der Waals surface area contributed by atoms with E-state index in [0.29, 0.717) is 10.4 Å². The van der Waals surface area contributed by atoms with Gasteiger partial charge in [-0.25, -0.2) is 0 Å². The molecule has 0 aliphatic rings. The highest BCUT2D eigenvalue weighted by molar-refractivity contribution is 7.12. The highest BCUT2D eigenvalue weighted by Crippen LogP contribution is 2.23. The maximum absolute atomic E-state index is 11.9. The van der Waals surface area contributed by atoms with Gasteiger partial charge in [0.2, 0.25) is 5.78 Å². The van der Waals surface area contributed by atoms with E-state index in [0.717, 1.165) is 5.56 Å². The minimum absolute atomic E-state index is 0.0407. The van der Waals surface area contributed by atoms with Gasteiger partial charge in [0.15, 0.2) is 0 Å². The van der Waals surface area contributed by atoms with Crippen LogP contribution in [0.15, 0.2) is 35.7 Å². The number of benzene rings is 1. The van der Waals surface area contributed by atoms with Crippen LogP contribution < -0.4 is 0 Å². The van der Waals surface area contributed by atoms with E-state index in [1.165, 1.54) is 11.3 Å². The summed E-state index contributed by atoms with van der Waals surface area (Å²) < 4.78 is 0. The third-order valence-corrected chi connectivity index (χ3v) is 3.01. The Morgan fingerprint density at radius 1 is 1.33 bits per heavy atom. The van der Waals surface area contributed by atoms with Crippen molar-refractivity contribution >= 4 is 17.1 Å². The van der Waals surface area contributed by atoms with Crippen molar-refractivity contribution < 1.29 is 9.90 Å². The van der Waals surface area contributed by atoms with Gasteiger partial charge >= 0.3 is 0 Å². The molecule has 15 heavy (non-hydrogen) atoms. The summed E-state index contributed by atoms with van der Waals surface area (Å²) in [6.07, 6.45) is 0. The van der Waals surface area contributed by atoms with Crippen molar-refractivity contribution in [3.8, 4) is 5.75 Å². The van der Waals surface area contributed by atoms with Gasteiger partial charge in [-0.3, -0.25) is 4.79 Å². The smallest absolute Gasteiger partial charge is 0.206 e. The summed E-state index contributed by atoms with van der Waals surface area (Å²) >= 11 is 1.38. The number of carbonyl (C=O) groups is 1. The monoisotopic (exact) mass is 218 g/mol. The number of aromatic hydroxyl groups is 1. The second kappa shape index (κ2) is 3.87. The van der Waals surface area contributed by atoms with E-state index in [1.54, 1.807) is 24.3 Å². The molecule has 76 valence electrons. The Hall–Kier alpha value is -1.61. The first-order valence-corrected chi connectivity index (χ1v) is 5.44. The van der Waals surface area contributed by atoms with Crippen LogP contribution in [0.4, 0.5) is 0 Å². The summed E-state index contributed by atoms with van der Waals surface area (Å²) in [6.45, 7) is 1.89. The van der Waals surface area contributed by atoms with Crippen LogP contribution in [0.3, 0.4) is 0 Å². The molecule has 1 N–H and O–H groups in total. The van der Waals surface area contributed by atoms with Crippen molar-refractivity contribution in [2.75, 3.05) is 0 Å². The summed E-state index contributed by atoms with van der Waals surface area (Å²) in [6, 6.07) is 8.62. The second-order valence-electron chi connectivity index (χ2n) is 3.33. The fraction of sp³-hybridized carbons (Fsp3) is 0.0833. The lowest BCUT2D eigenvalue weighted by Gasteiger charge is -2.02. The molecular weight excluding hydrogens is 208 g/mol. The summed E-state index contributed by atoms with van der Waals surface area (Å²) in [7, 11) is 0. The molecular formula is C12H10O2S. The number of aryl methyl sites for hydroxylation is 1. The largest absolute Gasteiger partial charge is 0.507 e. The number of carbonyl (C=O) groups excluding carboxylic acids is 1. The normalized spacial score (nSPS) is 10.2. The molecule has 0 spiro atoms. The number of phenols is 1. The van der Waals surface area contributed by atoms with Gasteiger partial charge in [0.25, 0.3) is 0 Å². The SMILES string of the molecule is Cc1ccc(O)c(C(=O)c2cccs2)c1. The van der Waals surface area contributed by atoms with Crippen LogP contribution in [0.1, 0.15) is 20.8 Å². The Morgan fingerprint density at radius 3 is 2.80 bits per heavy atom. The zero-order valence-corrected chi connectivity index (χ0v) is 9.04. The number of hydrogen-bond donors (Lipinski definition) is 1. The van der Waals surface area contributed by atoms with Crippen molar-refractivity contribution in [1.82, 2.24) is 0 Å². The topological polar surface area (TPSA) is 37.3 Å². The Balaban J connectivity index is 2.46. The highest BCUT2D eigenvalue weighted by atomic mass is 32.1. The fourth-order valence-corrected chi connectivity index (χ4v) is 2.05. The molecule has 0 radical (unpaired) electrons. The summed E-state index contributed by atoms with van der Waals surface area (Å²) in [5.41, 5.74) is 1.34. The molecule has 0 unspecified atom stereocenters. The molecule has 0 fully saturated rings. The molecule has 2 rings (SSSR count). The van der Waals surface area contributed by atoms with Crippen molar-refractivity contribution in [2.24, 2.45) is 0 Å². The molecule has 0 amide bonds. The first-order chi connectivity index (χ1) is 7.18. The predicted molar refractivity (Wildman–Crippen MR) is 60.6 cm³/mol. The van der Waals surface area contributed by atoms with E-state index in [9.17, 15) is 9.90 Å². The van der Waals surface area contributed by atoms with Gasteiger partial charge in [0.1, 0.15) is 5.75 Å². The van der Waals surface area contributed by atoms with Crippen LogP contribution in [0.5, 0.6) is 5.75 Å². The van der Waals surface area contributed by atoms with Gasteiger partial charge < -0.3 is 5.11 Å². The molecule has 3 heteroatoms.